The van der Waals surface area contributed by atoms with E-state index in [1.165, 1.54) is 18.2 Å². The molecule has 0 saturated carbocycles. The third-order valence-corrected chi connectivity index (χ3v) is 2.16. The quantitative estimate of drug-likeness (QED) is 0.555. The average Bonchev–Trinajstić information content (AvgIpc) is 2.27. The summed E-state index contributed by atoms with van der Waals surface area (Å²) in [5, 5.41) is 21.8. The van der Waals surface area contributed by atoms with Crippen LogP contribution in [0.15, 0.2) is 18.2 Å². The zero-order valence-electron chi connectivity index (χ0n) is 8.04. The molecule has 1 amide bonds. The minimum atomic E-state index is -0.964. The van der Waals surface area contributed by atoms with Gasteiger partial charge in [0.25, 0.3) is 11.6 Å². The second-order valence-corrected chi connectivity index (χ2v) is 3.22. The molecule has 0 saturated heterocycles. The van der Waals surface area contributed by atoms with Crippen molar-refractivity contribution in [2.75, 3.05) is 11.9 Å². The van der Waals surface area contributed by atoms with Gasteiger partial charge in [0.15, 0.2) is 6.10 Å². The Morgan fingerprint density at radius 2 is 2.31 bits per heavy atom. The number of carbonyl (C=O) groups is 1. The smallest absolute Gasteiger partial charge is 0.271 e. The van der Waals surface area contributed by atoms with E-state index in [1.54, 1.807) is 0 Å². The monoisotopic (exact) mass is 224 g/mol. The predicted octanol–water partition coefficient (Wildman–Crippen LogP) is 0.287. The molecule has 1 atom stereocenters. The third-order valence-electron chi connectivity index (χ3n) is 2.16. The number of amides is 1. The number of fused-ring (bicyclic) bond motifs is 1. The van der Waals surface area contributed by atoms with Crippen LogP contribution in [-0.2, 0) is 4.79 Å². The number of nitrogens with zero attached hydrogens (tertiary/aromatic N) is 1. The van der Waals surface area contributed by atoms with E-state index in [9.17, 15) is 14.9 Å². The number of hydrogen-bond acceptors (Lipinski definition) is 5. The zero-order chi connectivity index (χ0) is 11.7. The number of anilines is 1. The minimum Gasteiger partial charge on any atom is -0.476 e. The summed E-state index contributed by atoms with van der Waals surface area (Å²) in [5.41, 5.74) is 0.106. The third kappa shape index (κ3) is 1.68. The number of non-ortho nitro benzene ring substituents is 1. The van der Waals surface area contributed by atoms with Crippen LogP contribution in [0, 0.1) is 10.1 Å². The molecule has 2 rings (SSSR count). The highest BCUT2D eigenvalue weighted by atomic mass is 16.6. The van der Waals surface area contributed by atoms with Gasteiger partial charge in [-0.05, 0) is 6.07 Å². The van der Waals surface area contributed by atoms with Gasteiger partial charge in [-0.15, -0.1) is 0 Å². The fourth-order valence-corrected chi connectivity index (χ4v) is 1.37. The van der Waals surface area contributed by atoms with Gasteiger partial charge in [-0.3, -0.25) is 14.9 Å². The van der Waals surface area contributed by atoms with Gasteiger partial charge >= 0.3 is 0 Å². The fraction of sp³-hybridized carbons (Fsp3) is 0.222. The van der Waals surface area contributed by atoms with Crippen molar-refractivity contribution < 1.29 is 19.6 Å². The SMILES string of the molecule is O=C1Nc2cc([N+](=O)[O-])ccc2OC1CO. The number of aliphatic hydroxyl groups is 1. The summed E-state index contributed by atoms with van der Waals surface area (Å²) in [6.45, 7) is -0.442. The Hall–Kier alpha value is -2.15. The van der Waals surface area contributed by atoms with Gasteiger partial charge in [0.2, 0.25) is 0 Å². The van der Waals surface area contributed by atoms with E-state index >= 15 is 0 Å². The van der Waals surface area contributed by atoms with Crippen molar-refractivity contribution in [3.05, 3.63) is 28.3 Å². The van der Waals surface area contributed by atoms with Gasteiger partial charge < -0.3 is 15.2 Å². The van der Waals surface area contributed by atoms with E-state index in [4.69, 9.17) is 9.84 Å². The molecule has 1 aromatic rings. The molecule has 1 unspecified atom stereocenters. The van der Waals surface area contributed by atoms with E-state index < -0.39 is 23.5 Å². The van der Waals surface area contributed by atoms with Crippen molar-refractivity contribution in [1.29, 1.82) is 0 Å². The molecule has 84 valence electrons. The molecule has 0 aromatic heterocycles. The van der Waals surface area contributed by atoms with E-state index in [2.05, 4.69) is 5.32 Å². The summed E-state index contributed by atoms with van der Waals surface area (Å²) in [6, 6.07) is 3.86. The van der Waals surface area contributed by atoms with Crippen molar-refractivity contribution >= 4 is 17.3 Å². The standard InChI is InChI=1S/C9H8N2O5/c12-4-8-9(13)10-6-3-5(11(14)15)1-2-7(6)16-8/h1-3,8,12H,4H2,(H,10,13). The molecule has 1 aliphatic rings. The molecule has 1 aromatic carbocycles. The van der Waals surface area contributed by atoms with E-state index in [-0.39, 0.29) is 11.4 Å². The normalized spacial score (nSPS) is 18.3. The molecule has 1 heterocycles. The molecule has 0 spiro atoms. The van der Waals surface area contributed by atoms with Crippen LogP contribution in [0.2, 0.25) is 0 Å². The summed E-state index contributed by atoms with van der Waals surface area (Å²) in [6.07, 6.45) is -0.964. The van der Waals surface area contributed by atoms with Crippen LogP contribution in [0.4, 0.5) is 11.4 Å². The highest BCUT2D eigenvalue weighted by Crippen LogP contribution is 2.32. The number of nitro groups is 1. The topological polar surface area (TPSA) is 102 Å². The van der Waals surface area contributed by atoms with Crippen molar-refractivity contribution in [2.24, 2.45) is 0 Å². The molecule has 0 aliphatic carbocycles. The first-order valence-corrected chi connectivity index (χ1v) is 4.48. The maximum absolute atomic E-state index is 11.3. The predicted molar refractivity (Wildman–Crippen MR) is 53.2 cm³/mol. The first-order valence-electron chi connectivity index (χ1n) is 4.48. The number of rotatable bonds is 2. The van der Waals surface area contributed by atoms with Crippen molar-refractivity contribution in [1.82, 2.24) is 0 Å². The van der Waals surface area contributed by atoms with Crippen LogP contribution in [0.1, 0.15) is 0 Å². The second-order valence-electron chi connectivity index (χ2n) is 3.22. The van der Waals surface area contributed by atoms with Gasteiger partial charge in [0, 0.05) is 12.1 Å². The van der Waals surface area contributed by atoms with Crippen molar-refractivity contribution in [2.45, 2.75) is 6.10 Å². The number of carbonyl (C=O) groups excluding carboxylic acids is 1. The molecular weight excluding hydrogens is 216 g/mol. The maximum atomic E-state index is 11.3. The second kappa shape index (κ2) is 3.78. The molecule has 0 bridgehead atoms. The fourth-order valence-electron chi connectivity index (χ4n) is 1.37. The van der Waals surface area contributed by atoms with Crippen LogP contribution in [-0.4, -0.2) is 28.6 Å². The first-order chi connectivity index (χ1) is 7.61. The molecule has 0 fully saturated rings. The van der Waals surface area contributed by atoms with Gasteiger partial charge in [0.1, 0.15) is 5.75 Å². The summed E-state index contributed by atoms with van der Waals surface area (Å²) < 4.78 is 5.14. The lowest BCUT2D eigenvalue weighted by Crippen LogP contribution is -2.39. The number of aliphatic hydroxyl groups excluding tert-OH is 1. The Morgan fingerprint density at radius 1 is 1.56 bits per heavy atom. The van der Waals surface area contributed by atoms with Crippen LogP contribution in [0.25, 0.3) is 0 Å². The van der Waals surface area contributed by atoms with Gasteiger partial charge in [-0.25, -0.2) is 0 Å². The number of benzene rings is 1. The van der Waals surface area contributed by atoms with E-state index in [0.29, 0.717) is 5.75 Å². The van der Waals surface area contributed by atoms with E-state index in [0.717, 1.165) is 0 Å². The average molecular weight is 224 g/mol. The van der Waals surface area contributed by atoms with Crippen molar-refractivity contribution in [3.63, 3.8) is 0 Å². The highest BCUT2D eigenvalue weighted by molar-refractivity contribution is 5.98. The molecular formula is C9H8N2O5. The lowest BCUT2D eigenvalue weighted by molar-refractivity contribution is -0.384. The molecule has 16 heavy (non-hydrogen) atoms. The van der Waals surface area contributed by atoms with Crippen LogP contribution in [0.5, 0.6) is 5.75 Å². The summed E-state index contributed by atoms with van der Waals surface area (Å²) in [5.74, 6) is -0.209. The first kappa shape index (κ1) is 10.4. The molecule has 7 nitrogen and oxygen atoms in total. The van der Waals surface area contributed by atoms with Crippen LogP contribution < -0.4 is 10.1 Å². The molecule has 1 aliphatic heterocycles. The molecule has 7 heteroatoms. The highest BCUT2D eigenvalue weighted by Gasteiger charge is 2.27. The molecule has 0 radical (unpaired) electrons. The Balaban J connectivity index is 2.36. The number of hydrogen-bond donors (Lipinski definition) is 2. The lowest BCUT2D eigenvalue weighted by atomic mass is 10.2. The Bertz CT molecular complexity index is 459. The summed E-state index contributed by atoms with van der Waals surface area (Å²) >= 11 is 0. The number of nitro benzene ring substituents is 1. The zero-order valence-corrected chi connectivity index (χ0v) is 8.04. The Kier molecular flexibility index (Phi) is 2.45. The summed E-state index contributed by atoms with van der Waals surface area (Å²) in [7, 11) is 0. The van der Waals surface area contributed by atoms with Crippen LogP contribution in [0.3, 0.4) is 0 Å². The maximum Gasteiger partial charge on any atom is 0.271 e. The number of ether oxygens (including phenoxy) is 1. The van der Waals surface area contributed by atoms with Gasteiger partial charge in [0.05, 0.1) is 17.2 Å². The van der Waals surface area contributed by atoms with Gasteiger partial charge in [-0.2, -0.15) is 0 Å². The van der Waals surface area contributed by atoms with Crippen molar-refractivity contribution in [3.8, 4) is 5.75 Å². The van der Waals surface area contributed by atoms with Crippen LogP contribution >= 0.6 is 0 Å². The largest absolute Gasteiger partial charge is 0.476 e. The lowest BCUT2D eigenvalue weighted by Gasteiger charge is -2.23. The minimum absolute atomic E-state index is 0.134. The van der Waals surface area contributed by atoms with E-state index in [1.807, 2.05) is 0 Å². The number of nitrogens with one attached hydrogen (secondary N) is 1. The van der Waals surface area contributed by atoms with Gasteiger partial charge in [-0.1, -0.05) is 0 Å². The summed E-state index contributed by atoms with van der Waals surface area (Å²) in [4.78, 5) is 21.2. The Morgan fingerprint density at radius 3 is 2.94 bits per heavy atom. The Labute approximate surface area is 89.8 Å². The molecule has 2 N–H and O–H groups in total.